The van der Waals surface area contributed by atoms with Gasteiger partial charge in [-0.05, 0) is 18.4 Å². The van der Waals surface area contributed by atoms with Crippen LogP contribution in [0.1, 0.15) is 37.1 Å². The smallest absolute Gasteiger partial charge is 0.346 e. The summed E-state index contributed by atoms with van der Waals surface area (Å²) in [5.74, 6) is 0.971. The van der Waals surface area contributed by atoms with Crippen molar-refractivity contribution in [3.05, 3.63) is 52.2 Å². The maximum absolute atomic E-state index is 13.6. The van der Waals surface area contributed by atoms with Gasteiger partial charge in [-0.15, -0.1) is 0 Å². The van der Waals surface area contributed by atoms with Crippen LogP contribution in [0.15, 0.2) is 35.1 Å². The highest BCUT2D eigenvalue weighted by atomic mass is 16.5. The van der Waals surface area contributed by atoms with Gasteiger partial charge in [-0.1, -0.05) is 43.2 Å². The van der Waals surface area contributed by atoms with Gasteiger partial charge in [0.05, 0.1) is 18.6 Å². The van der Waals surface area contributed by atoms with Gasteiger partial charge in [-0.3, -0.25) is 9.36 Å². The molecule has 1 aliphatic heterocycles. The fraction of sp³-hybridized carbons (Fsp3) is 0.571. The van der Waals surface area contributed by atoms with Gasteiger partial charge in [0.25, 0.3) is 0 Å². The van der Waals surface area contributed by atoms with Crippen LogP contribution in [0, 0.1) is 0 Å². The van der Waals surface area contributed by atoms with Crippen LogP contribution in [0.3, 0.4) is 0 Å². The summed E-state index contributed by atoms with van der Waals surface area (Å²) in [5.41, 5.74) is 0.605. The number of methoxy groups -OCH3 is 1. The lowest BCUT2D eigenvalue weighted by Gasteiger charge is -2.34. The number of rotatable bonds is 5. The van der Waals surface area contributed by atoms with E-state index in [-0.39, 0.29) is 11.6 Å². The molecular weight excluding hydrogens is 356 g/mol. The molecule has 0 atom stereocenters. The number of hydrogen-bond donors (Lipinski definition) is 0. The minimum absolute atomic E-state index is 0.111. The number of nitrogens with zero attached hydrogens (tertiary/aromatic N) is 4. The van der Waals surface area contributed by atoms with Gasteiger partial charge in [0.2, 0.25) is 5.91 Å². The highest BCUT2D eigenvalue weighted by Gasteiger charge is 2.45. The van der Waals surface area contributed by atoms with Gasteiger partial charge in [-0.25, -0.2) is 9.48 Å². The summed E-state index contributed by atoms with van der Waals surface area (Å²) in [7, 11) is 1.61. The van der Waals surface area contributed by atoms with Gasteiger partial charge in [-0.2, -0.15) is 5.10 Å². The Bertz CT molecular complexity index is 881. The number of carbonyl (C=O) groups is 1. The summed E-state index contributed by atoms with van der Waals surface area (Å²) in [6.45, 7) is 2.57. The fourth-order valence-corrected chi connectivity index (χ4v) is 4.65. The Morgan fingerprint density at radius 2 is 1.89 bits per heavy atom. The number of hydrogen-bond acceptors (Lipinski definition) is 4. The topological polar surface area (TPSA) is 69.4 Å². The second-order valence-corrected chi connectivity index (χ2v) is 7.76. The first kappa shape index (κ1) is 18.9. The largest absolute Gasteiger partial charge is 0.383 e. The molecule has 0 spiro atoms. The minimum atomic E-state index is -0.410. The molecule has 0 unspecified atom stereocenters. The van der Waals surface area contributed by atoms with E-state index in [2.05, 4.69) is 17.2 Å². The highest BCUT2D eigenvalue weighted by molar-refractivity contribution is 5.88. The molecule has 1 saturated carbocycles. The summed E-state index contributed by atoms with van der Waals surface area (Å²) >= 11 is 0. The number of benzene rings is 1. The molecule has 2 aromatic rings. The van der Waals surface area contributed by atoms with Crippen LogP contribution in [-0.2, 0) is 34.5 Å². The molecule has 1 amide bonds. The lowest BCUT2D eigenvalue weighted by atomic mass is 9.77. The zero-order valence-electron chi connectivity index (χ0n) is 16.5. The Morgan fingerprint density at radius 1 is 1.14 bits per heavy atom. The molecule has 1 aromatic carbocycles. The predicted molar refractivity (Wildman–Crippen MR) is 105 cm³/mol. The molecule has 2 heterocycles. The fourth-order valence-electron chi connectivity index (χ4n) is 4.65. The van der Waals surface area contributed by atoms with Crippen molar-refractivity contribution in [1.82, 2.24) is 19.2 Å². The molecule has 7 heteroatoms. The lowest BCUT2D eigenvalue weighted by molar-refractivity contribution is -0.137. The maximum Gasteiger partial charge on any atom is 0.346 e. The average molecular weight is 384 g/mol. The first-order valence-electron chi connectivity index (χ1n) is 10.2. The van der Waals surface area contributed by atoms with E-state index in [0.29, 0.717) is 39.2 Å². The normalized spacial score (nSPS) is 18.7. The zero-order chi connectivity index (χ0) is 19.6. The number of amides is 1. The first-order valence-corrected chi connectivity index (χ1v) is 10.2. The standard InChI is InChI=1S/C21H28N4O3/c1-28-16-15-25-20(27)24-14-13-23(12-9-18(24)22-25)19(26)21(10-5-6-11-21)17-7-3-2-4-8-17/h2-4,7-8H,5-6,9-16H2,1H3. The van der Waals surface area contributed by atoms with E-state index in [0.717, 1.165) is 37.1 Å². The van der Waals surface area contributed by atoms with Crippen LogP contribution in [-0.4, -0.2) is 52.0 Å². The Labute approximate surface area is 164 Å². The van der Waals surface area contributed by atoms with Crippen molar-refractivity contribution >= 4 is 5.91 Å². The van der Waals surface area contributed by atoms with Crippen molar-refractivity contribution in [3.8, 4) is 0 Å². The van der Waals surface area contributed by atoms with Crippen molar-refractivity contribution in [1.29, 1.82) is 0 Å². The van der Waals surface area contributed by atoms with Crippen LogP contribution in [0.4, 0.5) is 0 Å². The van der Waals surface area contributed by atoms with E-state index in [1.165, 1.54) is 4.68 Å². The summed E-state index contributed by atoms with van der Waals surface area (Å²) < 4.78 is 8.24. The van der Waals surface area contributed by atoms with Gasteiger partial charge >= 0.3 is 5.69 Å². The first-order chi connectivity index (χ1) is 13.7. The minimum Gasteiger partial charge on any atom is -0.383 e. The molecule has 1 aliphatic carbocycles. The van der Waals surface area contributed by atoms with Crippen LogP contribution in [0.2, 0.25) is 0 Å². The van der Waals surface area contributed by atoms with E-state index in [1.807, 2.05) is 23.1 Å². The van der Waals surface area contributed by atoms with Gasteiger partial charge < -0.3 is 9.64 Å². The molecule has 150 valence electrons. The Kier molecular flexibility index (Phi) is 5.35. The Balaban J connectivity index is 1.54. The van der Waals surface area contributed by atoms with Crippen molar-refractivity contribution in [2.75, 3.05) is 26.8 Å². The molecule has 0 radical (unpaired) electrons. The average Bonchev–Trinajstić information content (AvgIpc) is 3.27. The monoisotopic (exact) mass is 384 g/mol. The second kappa shape index (κ2) is 7.91. The molecule has 0 bridgehead atoms. The van der Waals surface area contributed by atoms with Gasteiger partial charge in [0, 0.05) is 33.2 Å². The lowest BCUT2D eigenvalue weighted by Crippen LogP contribution is -2.47. The molecule has 4 rings (SSSR count). The van der Waals surface area contributed by atoms with Gasteiger partial charge in [0.1, 0.15) is 5.82 Å². The Hall–Kier alpha value is -2.41. The molecule has 0 saturated heterocycles. The van der Waals surface area contributed by atoms with Crippen molar-refractivity contribution < 1.29 is 9.53 Å². The van der Waals surface area contributed by atoms with E-state index in [4.69, 9.17) is 4.74 Å². The second-order valence-electron chi connectivity index (χ2n) is 7.76. The SMILES string of the molecule is COCCn1nc2n(c1=O)CCN(C(=O)C1(c3ccccc3)CCCC1)CC2. The van der Waals surface area contributed by atoms with E-state index >= 15 is 0 Å². The predicted octanol–water partition coefficient (Wildman–Crippen LogP) is 1.59. The van der Waals surface area contributed by atoms with Crippen LogP contribution >= 0.6 is 0 Å². The quantitative estimate of drug-likeness (QED) is 0.785. The number of fused-ring (bicyclic) bond motifs is 1. The molecular formula is C21H28N4O3. The van der Waals surface area contributed by atoms with Crippen molar-refractivity contribution in [3.63, 3.8) is 0 Å². The molecule has 2 aliphatic rings. The maximum atomic E-state index is 13.6. The third kappa shape index (κ3) is 3.28. The summed E-state index contributed by atoms with van der Waals surface area (Å²) in [4.78, 5) is 28.2. The van der Waals surface area contributed by atoms with E-state index in [9.17, 15) is 9.59 Å². The number of carbonyl (C=O) groups excluding carboxylic acids is 1. The van der Waals surface area contributed by atoms with Crippen LogP contribution in [0.5, 0.6) is 0 Å². The summed E-state index contributed by atoms with van der Waals surface area (Å²) in [5, 5.41) is 4.46. The molecule has 28 heavy (non-hydrogen) atoms. The molecule has 0 N–H and O–H groups in total. The molecule has 1 fully saturated rings. The Morgan fingerprint density at radius 3 is 2.61 bits per heavy atom. The number of aromatic nitrogens is 3. The van der Waals surface area contributed by atoms with Crippen molar-refractivity contribution in [2.24, 2.45) is 0 Å². The third-order valence-electron chi connectivity index (χ3n) is 6.19. The zero-order valence-corrected chi connectivity index (χ0v) is 16.5. The number of ether oxygens (including phenoxy) is 1. The van der Waals surface area contributed by atoms with E-state index < -0.39 is 5.41 Å². The van der Waals surface area contributed by atoms with Crippen LogP contribution < -0.4 is 5.69 Å². The summed E-state index contributed by atoms with van der Waals surface area (Å²) in [6.07, 6.45) is 4.58. The molecule has 1 aromatic heterocycles. The summed E-state index contributed by atoms with van der Waals surface area (Å²) in [6, 6.07) is 10.2. The van der Waals surface area contributed by atoms with Crippen molar-refractivity contribution in [2.45, 2.75) is 50.6 Å². The van der Waals surface area contributed by atoms with Gasteiger partial charge in [0.15, 0.2) is 0 Å². The molecule has 7 nitrogen and oxygen atoms in total. The van der Waals surface area contributed by atoms with E-state index in [1.54, 1.807) is 11.7 Å². The third-order valence-corrected chi connectivity index (χ3v) is 6.19. The van der Waals surface area contributed by atoms with Crippen LogP contribution in [0.25, 0.3) is 0 Å². The highest BCUT2D eigenvalue weighted by Crippen LogP contribution is 2.42.